The third-order valence-electron chi connectivity index (χ3n) is 5.32. The van der Waals surface area contributed by atoms with Gasteiger partial charge in [0.15, 0.2) is 0 Å². The van der Waals surface area contributed by atoms with Crippen molar-refractivity contribution in [3.63, 3.8) is 0 Å². The van der Waals surface area contributed by atoms with Crippen molar-refractivity contribution in [2.75, 3.05) is 0 Å². The van der Waals surface area contributed by atoms with Crippen LogP contribution >= 0.6 is 0 Å². The fraction of sp³-hybridized carbons (Fsp3) is 0.421. The number of rotatable bonds is 3. The Labute approximate surface area is 146 Å². The van der Waals surface area contributed by atoms with E-state index in [1.807, 2.05) is 19.9 Å². The molecule has 1 saturated heterocycles. The monoisotopic (exact) mass is 339 g/mol. The van der Waals surface area contributed by atoms with Crippen LogP contribution in [0.25, 0.3) is 0 Å². The Kier molecular flexibility index (Phi) is 3.45. The lowest BCUT2D eigenvalue weighted by molar-refractivity contribution is -0.131. The predicted octanol–water partition coefficient (Wildman–Crippen LogP) is 2.75. The number of imide groups is 1. The van der Waals surface area contributed by atoms with Crippen molar-refractivity contribution in [1.82, 2.24) is 15.2 Å². The molecule has 1 unspecified atom stereocenters. The summed E-state index contributed by atoms with van der Waals surface area (Å²) in [7, 11) is 0. The van der Waals surface area contributed by atoms with Crippen LogP contribution in [0, 0.1) is 13.8 Å². The van der Waals surface area contributed by atoms with E-state index in [1.165, 1.54) is 16.0 Å². The first-order chi connectivity index (χ1) is 11.9. The van der Waals surface area contributed by atoms with Gasteiger partial charge in [-0.1, -0.05) is 18.2 Å². The Morgan fingerprint density at radius 2 is 2.00 bits per heavy atom. The van der Waals surface area contributed by atoms with Crippen LogP contribution in [0.3, 0.4) is 0 Å². The summed E-state index contributed by atoms with van der Waals surface area (Å²) in [5, 5.41) is 2.85. The maximum atomic E-state index is 13.0. The van der Waals surface area contributed by atoms with Gasteiger partial charge in [0, 0.05) is 0 Å². The van der Waals surface area contributed by atoms with E-state index in [1.54, 1.807) is 6.92 Å². The summed E-state index contributed by atoms with van der Waals surface area (Å²) in [5.41, 5.74) is 3.16. The number of aryl methyl sites for hydroxylation is 4. The van der Waals surface area contributed by atoms with Gasteiger partial charge in [-0.25, -0.2) is 9.78 Å². The minimum absolute atomic E-state index is 0.0415. The second-order valence-corrected chi connectivity index (χ2v) is 7.03. The standard InChI is InChI=1S/C19H21N3O3/c1-11-12(2)25-16(20-11)10-22-17(23)19(3,21-18(22)24)15-8-7-13-5-4-6-14(13)9-15/h7-9H,4-6,10H2,1-3H3,(H,21,24). The van der Waals surface area contributed by atoms with Crippen molar-refractivity contribution in [3.8, 4) is 0 Å². The zero-order chi connectivity index (χ0) is 17.8. The average molecular weight is 339 g/mol. The fourth-order valence-electron chi connectivity index (χ4n) is 3.66. The fourth-order valence-corrected chi connectivity index (χ4v) is 3.66. The van der Waals surface area contributed by atoms with Crippen molar-refractivity contribution in [1.29, 1.82) is 0 Å². The maximum absolute atomic E-state index is 13.0. The predicted molar refractivity (Wildman–Crippen MR) is 90.9 cm³/mol. The molecule has 0 radical (unpaired) electrons. The van der Waals surface area contributed by atoms with Crippen LogP contribution in [0.2, 0.25) is 0 Å². The number of carbonyl (C=O) groups is 2. The van der Waals surface area contributed by atoms with Crippen LogP contribution in [0.15, 0.2) is 22.6 Å². The summed E-state index contributed by atoms with van der Waals surface area (Å²) in [6.07, 6.45) is 3.26. The lowest BCUT2D eigenvalue weighted by Crippen LogP contribution is -2.41. The van der Waals surface area contributed by atoms with Crippen LogP contribution in [0.4, 0.5) is 4.79 Å². The normalized spacial score (nSPS) is 22.4. The SMILES string of the molecule is Cc1nc(CN2C(=O)NC(C)(c3ccc4c(c3)CCC4)C2=O)oc1C. The van der Waals surface area contributed by atoms with Gasteiger partial charge < -0.3 is 9.73 Å². The molecule has 2 heterocycles. The molecule has 6 nitrogen and oxygen atoms in total. The van der Waals surface area contributed by atoms with E-state index in [4.69, 9.17) is 4.42 Å². The molecule has 1 aromatic carbocycles. The van der Waals surface area contributed by atoms with Gasteiger partial charge in [-0.15, -0.1) is 0 Å². The van der Waals surface area contributed by atoms with E-state index in [0.29, 0.717) is 11.7 Å². The molecular formula is C19H21N3O3. The molecule has 4 rings (SSSR count). The lowest BCUT2D eigenvalue weighted by atomic mass is 9.90. The zero-order valence-electron chi connectivity index (χ0n) is 14.7. The smallest absolute Gasteiger partial charge is 0.325 e. The molecule has 6 heteroatoms. The molecule has 3 amide bonds. The van der Waals surface area contributed by atoms with E-state index in [0.717, 1.165) is 30.5 Å². The first-order valence-corrected chi connectivity index (χ1v) is 8.58. The molecular weight excluding hydrogens is 318 g/mol. The number of amides is 3. The second-order valence-electron chi connectivity index (χ2n) is 7.03. The van der Waals surface area contributed by atoms with Crippen molar-refractivity contribution < 1.29 is 14.0 Å². The third-order valence-corrected chi connectivity index (χ3v) is 5.32. The van der Waals surface area contributed by atoms with Crippen molar-refractivity contribution in [3.05, 3.63) is 52.2 Å². The van der Waals surface area contributed by atoms with Crippen molar-refractivity contribution in [2.45, 2.75) is 52.1 Å². The van der Waals surface area contributed by atoms with Crippen molar-refractivity contribution >= 4 is 11.9 Å². The largest absolute Gasteiger partial charge is 0.444 e. The number of aromatic nitrogens is 1. The second kappa shape index (κ2) is 5.44. The van der Waals surface area contributed by atoms with Gasteiger partial charge in [0.1, 0.15) is 17.8 Å². The summed E-state index contributed by atoms with van der Waals surface area (Å²) in [5.74, 6) is 0.795. The van der Waals surface area contributed by atoms with E-state index in [9.17, 15) is 9.59 Å². The van der Waals surface area contributed by atoms with E-state index in [2.05, 4.69) is 22.4 Å². The number of oxazole rings is 1. The minimum Gasteiger partial charge on any atom is -0.444 e. The summed E-state index contributed by atoms with van der Waals surface area (Å²) >= 11 is 0. The number of carbonyl (C=O) groups excluding carboxylic acids is 2. The van der Waals surface area contributed by atoms with Crippen LogP contribution < -0.4 is 5.32 Å². The Balaban J connectivity index is 1.63. The molecule has 2 aromatic rings. The molecule has 1 aliphatic heterocycles. The molecule has 0 bridgehead atoms. The molecule has 0 spiro atoms. The Hall–Kier alpha value is -2.63. The first kappa shape index (κ1) is 15.9. The number of nitrogens with zero attached hydrogens (tertiary/aromatic N) is 2. The molecule has 2 aliphatic rings. The van der Waals surface area contributed by atoms with Crippen LogP contribution in [0.1, 0.15) is 47.4 Å². The van der Waals surface area contributed by atoms with Gasteiger partial charge in [-0.3, -0.25) is 9.69 Å². The van der Waals surface area contributed by atoms with E-state index >= 15 is 0 Å². The van der Waals surface area contributed by atoms with Gasteiger partial charge in [-0.2, -0.15) is 0 Å². The highest BCUT2D eigenvalue weighted by atomic mass is 16.4. The van der Waals surface area contributed by atoms with E-state index in [-0.39, 0.29) is 12.5 Å². The molecule has 130 valence electrons. The quantitative estimate of drug-likeness (QED) is 0.873. The minimum atomic E-state index is -1.05. The van der Waals surface area contributed by atoms with Gasteiger partial charge in [0.25, 0.3) is 5.91 Å². The molecule has 1 atom stereocenters. The molecule has 1 N–H and O–H groups in total. The van der Waals surface area contributed by atoms with Gasteiger partial charge in [0.05, 0.1) is 5.69 Å². The Morgan fingerprint density at radius 3 is 2.72 bits per heavy atom. The highest BCUT2D eigenvalue weighted by Crippen LogP contribution is 2.33. The molecule has 1 fully saturated rings. The molecule has 25 heavy (non-hydrogen) atoms. The Morgan fingerprint density at radius 1 is 1.24 bits per heavy atom. The number of nitrogens with one attached hydrogen (secondary N) is 1. The Bertz CT molecular complexity index is 867. The van der Waals surface area contributed by atoms with Crippen LogP contribution in [-0.4, -0.2) is 21.8 Å². The summed E-state index contributed by atoms with van der Waals surface area (Å²) in [4.78, 5) is 30.9. The first-order valence-electron chi connectivity index (χ1n) is 8.58. The molecule has 0 saturated carbocycles. The highest BCUT2D eigenvalue weighted by Gasteiger charge is 2.49. The van der Waals surface area contributed by atoms with E-state index < -0.39 is 11.6 Å². The van der Waals surface area contributed by atoms with Crippen LogP contribution in [0.5, 0.6) is 0 Å². The maximum Gasteiger partial charge on any atom is 0.325 e. The topological polar surface area (TPSA) is 75.4 Å². The van der Waals surface area contributed by atoms with Crippen LogP contribution in [-0.2, 0) is 29.7 Å². The van der Waals surface area contributed by atoms with Gasteiger partial charge in [-0.05, 0) is 56.7 Å². The van der Waals surface area contributed by atoms with Gasteiger partial charge >= 0.3 is 6.03 Å². The average Bonchev–Trinajstić information content (AvgIpc) is 3.22. The number of benzene rings is 1. The number of hydrogen-bond donors (Lipinski definition) is 1. The lowest BCUT2D eigenvalue weighted by Gasteiger charge is -2.23. The summed E-state index contributed by atoms with van der Waals surface area (Å²) in [6.45, 7) is 5.45. The molecule has 1 aromatic heterocycles. The number of hydrogen-bond acceptors (Lipinski definition) is 4. The number of fused-ring (bicyclic) bond motifs is 1. The molecule has 1 aliphatic carbocycles. The third kappa shape index (κ3) is 2.44. The van der Waals surface area contributed by atoms with Crippen molar-refractivity contribution in [2.24, 2.45) is 0 Å². The summed E-state index contributed by atoms with van der Waals surface area (Å²) < 4.78 is 5.52. The zero-order valence-corrected chi connectivity index (χ0v) is 14.7. The van der Waals surface area contributed by atoms with Gasteiger partial charge in [0.2, 0.25) is 5.89 Å². The highest BCUT2D eigenvalue weighted by molar-refractivity contribution is 6.07. The number of urea groups is 1. The summed E-state index contributed by atoms with van der Waals surface area (Å²) in [6, 6.07) is 5.67.